The van der Waals surface area contributed by atoms with Gasteiger partial charge in [-0.25, -0.2) is 5.84 Å². The monoisotopic (exact) mass is 277 g/mol. The van der Waals surface area contributed by atoms with Gasteiger partial charge in [-0.2, -0.15) is 0 Å². The molecule has 2 rings (SSSR count). The quantitative estimate of drug-likeness (QED) is 0.502. The molecule has 100 valence electrons. The number of nitrogens with zero attached hydrogens (tertiary/aromatic N) is 1. The fourth-order valence-corrected chi connectivity index (χ4v) is 2.76. The summed E-state index contributed by atoms with van der Waals surface area (Å²) < 4.78 is 1.63. The summed E-state index contributed by atoms with van der Waals surface area (Å²) in [4.78, 5) is 25.0. The maximum atomic E-state index is 11.9. The first-order chi connectivity index (χ1) is 9.02. The highest BCUT2D eigenvalue weighted by molar-refractivity contribution is 7.14. The number of rotatable bonds is 3. The lowest BCUT2D eigenvalue weighted by Gasteiger charge is -2.05. The Balaban J connectivity index is 2.34. The first-order valence-electron chi connectivity index (χ1n) is 5.79. The van der Waals surface area contributed by atoms with E-state index >= 15 is 0 Å². The molecule has 0 aliphatic rings. The molecule has 0 bridgehead atoms. The number of hydrazine groups is 1. The summed E-state index contributed by atoms with van der Waals surface area (Å²) >= 11 is 1.37. The zero-order valence-electron chi connectivity index (χ0n) is 10.8. The first kappa shape index (κ1) is 13.5. The van der Waals surface area contributed by atoms with Crippen molar-refractivity contribution >= 4 is 17.2 Å². The number of nitrogens with one attached hydrogen (secondary N) is 1. The van der Waals surface area contributed by atoms with Crippen molar-refractivity contribution in [3.05, 3.63) is 55.6 Å². The zero-order chi connectivity index (χ0) is 14.0. The van der Waals surface area contributed by atoms with Crippen LogP contribution in [0.1, 0.15) is 25.7 Å². The maximum absolute atomic E-state index is 11.9. The lowest BCUT2D eigenvalue weighted by molar-refractivity contribution is 0.0957. The second-order valence-corrected chi connectivity index (χ2v) is 5.55. The molecule has 0 fully saturated rings. The Labute approximate surface area is 114 Å². The third kappa shape index (κ3) is 2.74. The Bertz CT molecular complexity index is 673. The van der Waals surface area contributed by atoms with E-state index in [-0.39, 0.29) is 11.5 Å². The van der Waals surface area contributed by atoms with Crippen LogP contribution in [0.2, 0.25) is 0 Å². The highest BCUT2D eigenvalue weighted by Gasteiger charge is 2.12. The maximum Gasteiger partial charge on any atom is 0.275 e. The van der Waals surface area contributed by atoms with Crippen molar-refractivity contribution in [2.24, 2.45) is 5.84 Å². The predicted octanol–water partition coefficient (Wildman–Crippen LogP) is 1.18. The highest BCUT2D eigenvalue weighted by atomic mass is 32.1. The number of nitrogen functional groups attached to an aromatic ring is 1. The van der Waals surface area contributed by atoms with Gasteiger partial charge in [0.05, 0.1) is 11.4 Å². The van der Waals surface area contributed by atoms with E-state index in [0.717, 1.165) is 10.4 Å². The number of nitrogens with two attached hydrogens (primary N) is 1. The molecule has 0 radical (unpaired) electrons. The van der Waals surface area contributed by atoms with Crippen LogP contribution in [0.15, 0.2) is 29.2 Å². The second-order valence-electron chi connectivity index (χ2n) is 4.29. The zero-order valence-corrected chi connectivity index (χ0v) is 11.6. The van der Waals surface area contributed by atoms with Crippen LogP contribution in [0.5, 0.6) is 0 Å². The van der Waals surface area contributed by atoms with Gasteiger partial charge in [-0.3, -0.25) is 15.0 Å². The summed E-state index contributed by atoms with van der Waals surface area (Å²) in [7, 11) is 0. The molecule has 0 spiro atoms. The molecule has 5 nitrogen and oxygen atoms in total. The molecular weight excluding hydrogens is 262 g/mol. The van der Waals surface area contributed by atoms with Crippen molar-refractivity contribution in [3.8, 4) is 0 Å². The Morgan fingerprint density at radius 1 is 1.47 bits per heavy atom. The molecule has 3 N–H and O–H groups in total. The Hall–Kier alpha value is -1.92. The van der Waals surface area contributed by atoms with Gasteiger partial charge in [0.1, 0.15) is 0 Å². The summed E-state index contributed by atoms with van der Waals surface area (Å²) in [6, 6.07) is 5.40. The molecule has 6 heteroatoms. The third-order valence-electron chi connectivity index (χ3n) is 2.93. The second kappa shape index (κ2) is 5.38. The Morgan fingerprint density at radius 2 is 2.21 bits per heavy atom. The molecule has 2 heterocycles. The minimum absolute atomic E-state index is 0.0158. The number of aryl methyl sites for hydroxylation is 2. The lowest BCUT2D eigenvalue weighted by Crippen LogP contribution is -2.29. The SMILES string of the molecule is Cc1sc(C(=O)NN)cc1Cn1cccc(C)c1=O. The molecule has 1 amide bonds. The topological polar surface area (TPSA) is 77.1 Å². The van der Waals surface area contributed by atoms with Crippen molar-refractivity contribution in [2.75, 3.05) is 0 Å². The summed E-state index contributed by atoms with van der Waals surface area (Å²) in [5.74, 6) is 4.80. The van der Waals surface area contributed by atoms with E-state index in [1.807, 2.05) is 13.0 Å². The molecule has 2 aromatic heterocycles. The number of amides is 1. The summed E-state index contributed by atoms with van der Waals surface area (Å²) in [6.07, 6.45) is 1.75. The Kier molecular flexibility index (Phi) is 3.82. The van der Waals surface area contributed by atoms with Gasteiger partial charge < -0.3 is 4.57 Å². The lowest BCUT2D eigenvalue weighted by atomic mass is 10.2. The normalized spacial score (nSPS) is 10.5. The Morgan fingerprint density at radius 3 is 2.89 bits per heavy atom. The van der Waals surface area contributed by atoms with Gasteiger partial charge in [0.2, 0.25) is 0 Å². The molecule has 0 aromatic carbocycles. The van der Waals surface area contributed by atoms with Crippen molar-refractivity contribution in [1.29, 1.82) is 0 Å². The fourth-order valence-electron chi connectivity index (χ4n) is 1.82. The van der Waals surface area contributed by atoms with E-state index in [2.05, 4.69) is 5.43 Å². The molecule has 2 aromatic rings. The van der Waals surface area contributed by atoms with Crippen LogP contribution in [0.3, 0.4) is 0 Å². The molecule has 0 saturated carbocycles. The highest BCUT2D eigenvalue weighted by Crippen LogP contribution is 2.22. The van der Waals surface area contributed by atoms with Gasteiger partial charge in [0.25, 0.3) is 11.5 Å². The van der Waals surface area contributed by atoms with E-state index in [4.69, 9.17) is 5.84 Å². The van der Waals surface area contributed by atoms with E-state index in [0.29, 0.717) is 17.0 Å². The third-order valence-corrected chi connectivity index (χ3v) is 4.02. The molecule has 19 heavy (non-hydrogen) atoms. The van der Waals surface area contributed by atoms with Gasteiger partial charge in [0.15, 0.2) is 0 Å². The summed E-state index contributed by atoms with van der Waals surface area (Å²) in [6.45, 7) is 4.17. The van der Waals surface area contributed by atoms with Crippen LogP contribution in [-0.2, 0) is 6.54 Å². The molecule has 0 atom stereocenters. The predicted molar refractivity (Wildman–Crippen MR) is 75.3 cm³/mol. The molecular formula is C13H15N3O2S. The van der Waals surface area contributed by atoms with Crippen LogP contribution >= 0.6 is 11.3 Å². The molecule has 0 aliphatic carbocycles. The van der Waals surface area contributed by atoms with Gasteiger partial charge >= 0.3 is 0 Å². The van der Waals surface area contributed by atoms with Crippen LogP contribution in [0.25, 0.3) is 0 Å². The standard InChI is InChI=1S/C13H15N3O2S/c1-8-4-3-5-16(13(8)18)7-10-6-11(12(17)15-14)19-9(10)2/h3-6H,7,14H2,1-2H3,(H,15,17). The van der Waals surface area contributed by atoms with E-state index in [1.165, 1.54) is 11.3 Å². The average Bonchev–Trinajstić information content (AvgIpc) is 2.75. The number of aromatic nitrogens is 1. The van der Waals surface area contributed by atoms with Gasteiger partial charge in [-0.15, -0.1) is 11.3 Å². The molecule has 0 unspecified atom stereocenters. The smallest absolute Gasteiger partial charge is 0.275 e. The summed E-state index contributed by atoms with van der Waals surface area (Å²) in [5.41, 5.74) is 3.75. The number of thiophene rings is 1. The number of pyridine rings is 1. The molecule has 0 saturated heterocycles. The molecule has 0 aliphatic heterocycles. The number of carbonyl (C=O) groups is 1. The number of hydrogen-bond acceptors (Lipinski definition) is 4. The van der Waals surface area contributed by atoms with E-state index < -0.39 is 0 Å². The van der Waals surface area contributed by atoms with Crippen LogP contribution in [0, 0.1) is 13.8 Å². The number of hydrogen-bond donors (Lipinski definition) is 2. The minimum atomic E-state index is -0.309. The largest absolute Gasteiger partial charge is 0.311 e. The first-order valence-corrected chi connectivity index (χ1v) is 6.61. The van der Waals surface area contributed by atoms with Gasteiger partial charge in [0, 0.05) is 16.6 Å². The van der Waals surface area contributed by atoms with Crippen molar-refractivity contribution in [3.63, 3.8) is 0 Å². The van der Waals surface area contributed by atoms with E-state index in [9.17, 15) is 9.59 Å². The van der Waals surface area contributed by atoms with Crippen LogP contribution < -0.4 is 16.8 Å². The van der Waals surface area contributed by atoms with Crippen LogP contribution in [-0.4, -0.2) is 10.5 Å². The summed E-state index contributed by atoms with van der Waals surface area (Å²) in [5, 5.41) is 0. The van der Waals surface area contributed by atoms with Gasteiger partial charge in [-0.05, 0) is 31.5 Å². The minimum Gasteiger partial charge on any atom is -0.311 e. The fraction of sp³-hybridized carbons (Fsp3) is 0.231. The van der Waals surface area contributed by atoms with Crippen molar-refractivity contribution in [2.45, 2.75) is 20.4 Å². The van der Waals surface area contributed by atoms with Crippen molar-refractivity contribution < 1.29 is 4.79 Å². The van der Waals surface area contributed by atoms with Gasteiger partial charge in [-0.1, -0.05) is 6.07 Å². The van der Waals surface area contributed by atoms with Crippen molar-refractivity contribution in [1.82, 2.24) is 9.99 Å². The number of carbonyl (C=O) groups excluding carboxylic acids is 1. The van der Waals surface area contributed by atoms with Crippen LogP contribution in [0.4, 0.5) is 0 Å². The average molecular weight is 277 g/mol. The van der Waals surface area contributed by atoms with E-state index in [1.54, 1.807) is 29.8 Å².